The van der Waals surface area contributed by atoms with Gasteiger partial charge in [0.05, 0.1) is 24.8 Å². The zero-order chi connectivity index (χ0) is 26.9. The first-order valence-electron chi connectivity index (χ1n) is 14.7. The van der Waals surface area contributed by atoms with E-state index in [1.54, 1.807) is 13.8 Å². The molecule has 1 atom stereocenters. The van der Waals surface area contributed by atoms with Crippen LogP contribution in [0.5, 0.6) is 0 Å². The van der Waals surface area contributed by atoms with Crippen LogP contribution in [0.3, 0.4) is 0 Å². The summed E-state index contributed by atoms with van der Waals surface area (Å²) in [6.45, 7) is 7.99. The predicted molar refractivity (Wildman–Crippen MR) is 149 cm³/mol. The van der Waals surface area contributed by atoms with Gasteiger partial charge in [-0.2, -0.15) is 0 Å². The first-order chi connectivity index (χ1) is 18.0. The lowest BCUT2D eigenvalue weighted by molar-refractivity contribution is -0.192. The van der Waals surface area contributed by atoms with Crippen molar-refractivity contribution in [2.75, 3.05) is 13.2 Å². The number of esters is 2. The highest BCUT2D eigenvalue weighted by Crippen LogP contribution is 2.39. The summed E-state index contributed by atoms with van der Waals surface area (Å²) in [4.78, 5) is 32.0. The number of nitrogens with zero attached hydrogens (tertiary/aromatic N) is 1. The summed E-state index contributed by atoms with van der Waals surface area (Å²) in [6.07, 6.45) is 17.0. The molecule has 0 aromatic heterocycles. The molecule has 6 nitrogen and oxygen atoms in total. The SMILES string of the molecule is CCCCCCCCCCCCCCCC1C(c2ccccc2C)=NOC1(C(=O)OCC)C(=O)OCC. The van der Waals surface area contributed by atoms with Crippen molar-refractivity contribution in [1.82, 2.24) is 0 Å². The van der Waals surface area contributed by atoms with Gasteiger partial charge in [0.15, 0.2) is 0 Å². The minimum absolute atomic E-state index is 0.147. The fraction of sp³-hybridized carbons (Fsp3) is 0.710. The summed E-state index contributed by atoms with van der Waals surface area (Å²) in [5.74, 6) is -2.00. The second-order valence-electron chi connectivity index (χ2n) is 10.1. The van der Waals surface area contributed by atoms with E-state index in [0.29, 0.717) is 12.1 Å². The molecule has 6 heteroatoms. The van der Waals surface area contributed by atoms with E-state index >= 15 is 0 Å². The van der Waals surface area contributed by atoms with E-state index in [1.807, 2.05) is 31.2 Å². The first kappa shape index (κ1) is 30.9. The Hall–Kier alpha value is -2.37. The molecule has 0 saturated carbocycles. The maximum Gasteiger partial charge on any atom is 0.366 e. The predicted octanol–water partition coefficient (Wildman–Crippen LogP) is 7.69. The van der Waals surface area contributed by atoms with Gasteiger partial charge in [-0.3, -0.25) is 0 Å². The fourth-order valence-electron chi connectivity index (χ4n) is 5.16. The highest BCUT2D eigenvalue weighted by Gasteiger charge is 2.63. The molecule has 0 aliphatic carbocycles. The smallest absolute Gasteiger partial charge is 0.366 e. The zero-order valence-corrected chi connectivity index (χ0v) is 23.7. The number of unbranched alkanes of at least 4 members (excludes halogenated alkanes) is 12. The van der Waals surface area contributed by atoms with Gasteiger partial charge < -0.3 is 14.3 Å². The normalized spacial score (nSPS) is 16.2. The lowest BCUT2D eigenvalue weighted by atomic mass is 9.77. The lowest BCUT2D eigenvalue weighted by Crippen LogP contribution is -2.55. The number of ether oxygens (including phenoxy) is 2. The maximum absolute atomic E-state index is 13.2. The topological polar surface area (TPSA) is 74.2 Å². The van der Waals surface area contributed by atoms with Crippen LogP contribution in [0.1, 0.15) is 122 Å². The van der Waals surface area contributed by atoms with Gasteiger partial charge in [-0.05, 0) is 32.8 Å². The van der Waals surface area contributed by atoms with E-state index in [0.717, 1.165) is 30.4 Å². The number of benzene rings is 1. The van der Waals surface area contributed by atoms with Gasteiger partial charge in [0, 0.05) is 5.56 Å². The molecule has 1 heterocycles. The third-order valence-corrected chi connectivity index (χ3v) is 7.28. The second-order valence-corrected chi connectivity index (χ2v) is 10.1. The molecule has 1 aromatic rings. The van der Waals surface area contributed by atoms with Crippen LogP contribution in [0.4, 0.5) is 0 Å². The van der Waals surface area contributed by atoms with Gasteiger partial charge in [-0.15, -0.1) is 0 Å². The summed E-state index contributed by atoms with van der Waals surface area (Å²) >= 11 is 0. The van der Waals surface area contributed by atoms with Crippen molar-refractivity contribution >= 4 is 17.7 Å². The van der Waals surface area contributed by atoms with Gasteiger partial charge in [-0.1, -0.05) is 120 Å². The number of carbonyl (C=O) groups is 2. The van der Waals surface area contributed by atoms with Gasteiger partial charge in [-0.25, -0.2) is 9.59 Å². The van der Waals surface area contributed by atoms with Crippen LogP contribution in [0.15, 0.2) is 29.4 Å². The van der Waals surface area contributed by atoms with E-state index < -0.39 is 23.5 Å². The van der Waals surface area contributed by atoms with E-state index in [1.165, 1.54) is 64.2 Å². The molecule has 0 spiro atoms. The number of carbonyl (C=O) groups excluding carboxylic acids is 2. The molecule has 2 rings (SSSR count). The van der Waals surface area contributed by atoms with Crippen LogP contribution in [0, 0.1) is 12.8 Å². The van der Waals surface area contributed by atoms with Crippen LogP contribution < -0.4 is 0 Å². The van der Waals surface area contributed by atoms with E-state index in [4.69, 9.17) is 14.3 Å². The molecule has 0 amide bonds. The van der Waals surface area contributed by atoms with Crippen LogP contribution in [0.25, 0.3) is 0 Å². The fourth-order valence-corrected chi connectivity index (χ4v) is 5.16. The molecule has 1 aliphatic heterocycles. The highest BCUT2D eigenvalue weighted by molar-refractivity contribution is 6.15. The van der Waals surface area contributed by atoms with Crippen LogP contribution in [0.2, 0.25) is 0 Å². The molecule has 1 unspecified atom stereocenters. The average molecular weight is 516 g/mol. The van der Waals surface area contributed by atoms with Crippen molar-refractivity contribution in [3.8, 4) is 0 Å². The number of hydrogen-bond donors (Lipinski definition) is 0. The summed E-state index contributed by atoms with van der Waals surface area (Å²) in [5, 5.41) is 4.30. The number of aryl methyl sites for hydroxylation is 1. The largest absolute Gasteiger partial charge is 0.462 e. The number of hydrogen-bond acceptors (Lipinski definition) is 6. The van der Waals surface area contributed by atoms with Crippen molar-refractivity contribution in [2.45, 2.75) is 123 Å². The molecule has 0 bridgehead atoms. The van der Waals surface area contributed by atoms with E-state index in [9.17, 15) is 9.59 Å². The first-order valence-corrected chi connectivity index (χ1v) is 14.7. The van der Waals surface area contributed by atoms with E-state index in [2.05, 4.69) is 12.1 Å². The molecule has 208 valence electrons. The van der Waals surface area contributed by atoms with Gasteiger partial charge in [0.1, 0.15) is 0 Å². The van der Waals surface area contributed by atoms with E-state index in [-0.39, 0.29) is 13.2 Å². The van der Waals surface area contributed by atoms with Crippen molar-refractivity contribution < 1.29 is 23.9 Å². The molecule has 1 aliphatic rings. The summed E-state index contributed by atoms with van der Waals surface area (Å²) < 4.78 is 10.6. The van der Waals surface area contributed by atoms with Crippen LogP contribution in [-0.4, -0.2) is 36.5 Å². The van der Waals surface area contributed by atoms with Gasteiger partial charge >= 0.3 is 17.5 Å². The van der Waals surface area contributed by atoms with Gasteiger partial charge in [0.2, 0.25) is 0 Å². The Balaban J connectivity index is 1.95. The standard InChI is InChI=1S/C31H49NO5/c1-5-8-9-10-11-12-13-14-15-16-17-18-19-24-27-28(26-23-21-20-22-25(26)4)32-37-31(27,29(33)35-6-2)30(34)36-7-3/h20-23,27H,5-19,24H2,1-4H3. The Bertz CT molecular complexity index is 832. The summed E-state index contributed by atoms with van der Waals surface area (Å²) in [7, 11) is 0. The Kier molecular flexibility index (Phi) is 14.3. The molecule has 1 aromatic carbocycles. The Labute approximate surface area is 224 Å². The highest BCUT2D eigenvalue weighted by atomic mass is 16.7. The maximum atomic E-state index is 13.2. The number of oxime groups is 1. The zero-order valence-electron chi connectivity index (χ0n) is 23.7. The second kappa shape index (κ2) is 17.2. The molecule has 0 N–H and O–H groups in total. The minimum atomic E-state index is -1.89. The van der Waals surface area contributed by atoms with Crippen molar-refractivity contribution in [3.05, 3.63) is 35.4 Å². The third kappa shape index (κ3) is 8.86. The quantitative estimate of drug-likeness (QED) is 0.107. The molecule has 0 radical (unpaired) electrons. The summed E-state index contributed by atoms with van der Waals surface area (Å²) in [5.41, 5.74) is 0.639. The Morgan fingerprint density at radius 3 is 1.76 bits per heavy atom. The average Bonchev–Trinajstić information content (AvgIpc) is 3.27. The van der Waals surface area contributed by atoms with Crippen LogP contribution >= 0.6 is 0 Å². The van der Waals surface area contributed by atoms with Crippen molar-refractivity contribution in [3.63, 3.8) is 0 Å². The van der Waals surface area contributed by atoms with Crippen LogP contribution in [-0.2, 0) is 23.9 Å². The molecule has 0 fully saturated rings. The molecule has 0 saturated heterocycles. The number of rotatable bonds is 19. The van der Waals surface area contributed by atoms with Crippen molar-refractivity contribution in [2.24, 2.45) is 11.1 Å². The lowest BCUT2D eigenvalue weighted by Gasteiger charge is -2.29. The van der Waals surface area contributed by atoms with Crippen molar-refractivity contribution in [1.29, 1.82) is 0 Å². The Morgan fingerprint density at radius 1 is 0.784 bits per heavy atom. The molecular weight excluding hydrogens is 466 g/mol. The Morgan fingerprint density at radius 2 is 1.27 bits per heavy atom. The molecule has 37 heavy (non-hydrogen) atoms. The summed E-state index contributed by atoms with van der Waals surface area (Å²) in [6, 6.07) is 7.85. The monoisotopic (exact) mass is 515 g/mol. The minimum Gasteiger partial charge on any atom is -0.462 e. The third-order valence-electron chi connectivity index (χ3n) is 7.28. The molecular formula is C31H49NO5. The van der Waals surface area contributed by atoms with Gasteiger partial charge in [0.25, 0.3) is 0 Å².